The third-order valence-corrected chi connectivity index (χ3v) is 7.87. The van der Waals surface area contributed by atoms with Crippen molar-refractivity contribution in [3.8, 4) is 10.4 Å². The Morgan fingerprint density at radius 2 is 1.97 bits per heavy atom. The molecule has 0 bridgehead atoms. The van der Waals surface area contributed by atoms with E-state index in [2.05, 4.69) is 15.5 Å². The highest BCUT2D eigenvalue weighted by molar-refractivity contribution is 7.13. The van der Waals surface area contributed by atoms with Crippen molar-refractivity contribution in [1.82, 2.24) is 20.4 Å². The van der Waals surface area contributed by atoms with E-state index in [1.165, 1.54) is 0 Å². The summed E-state index contributed by atoms with van der Waals surface area (Å²) in [6, 6.07) is 9.31. The van der Waals surface area contributed by atoms with Gasteiger partial charge in [0.25, 0.3) is 0 Å². The lowest BCUT2D eigenvalue weighted by molar-refractivity contribution is -0.131. The van der Waals surface area contributed by atoms with Crippen molar-refractivity contribution in [2.75, 3.05) is 6.54 Å². The molecular formula is C27H36N4O4S. The van der Waals surface area contributed by atoms with Crippen LogP contribution in [0.1, 0.15) is 68.7 Å². The number of likely N-dealkylation sites (tertiary alicyclic amines) is 1. The lowest BCUT2D eigenvalue weighted by Gasteiger charge is -2.34. The largest absolute Gasteiger partial charge is 0.392 e. The molecule has 3 aromatic rings. The number of rotatable bonds is 9. The highest BCUT2D eigenvalue weighted by Gasteiger charge is 2.43. The quantitative estimate of drug-likeness (QED) is 0.397. The summed E-state index contributed by atoms with van der Waals surface area (Å²) in [6.07, 6.45) is -1.41. The van der Waals surface area contributed by atoms with Crippen LogP contribution < -0.4 is 5.32 Å². The Bertz CT molecular complexity index is 1160. The average molecular weight is 513 g/mol. The van der Waals surface area contributed by atoms with Gasteiger partial charge in [-0.15, -0.1) is 11.3 Å². The fraction of sp³-hybridized carbons (Fsp3) is 0.519. The van der Waals surface area contributed by atoms with Crippen molar-refractivity contribution in [3.05, 3.63) is 58.6 Å². The summed E-state index contributed by atoms with van der Waals surface area (Å²) < 4.78 is 5.60. The van der Waals surface area contributed by atoms with Gasteiger partial charge >= 0.3 is 0 Å². The molecule has 2 aromatic heterocycles. The molecule has 0 aliphatic carbocycles. The molecule has 0 saturated carbocycles. The van der Waals surface area contributed by atoms with Gasteiger partial charge in [-0.2, -0.15) is 0 Å². The van der Waals surface area contributed by atoms with Crippen LogP contribution in [0.4, 0.5) is 0 Å². The first-order valence-corrected chi connectivity index (χ1v) is 13.4. The number of nitrogens with one attached hydrogen (secondary N) is 1. The Labute approximate surface area is 216 Å². The third kappa shape index (κ3) is 5.70. The lowest BCUT2D eigenvalue weighted by atomic mass is 9.90. The number of hydrogen-bond acceptors (Lipinski definition) is 8. The first kappa shape index (κ1) is 26.5. The molecule has 1 unspecified atom stereocenters. The number of hydrogen-bond donors (Lipinski definition) is 3. The van der Waals surface area contributed by atoms with Crippen molar-refractivity contribution < 1.29 is 19.5 Å². The minimum atomic E-state index is -0.993. The number of thiazole rings is 1. The second kappa shape index (κ2) is 11.2. The number of benzene rings is 1. The summed E-state index contributed by atoms with van der Waals surface area (Å²) in [4.78, 5) is 20.3. The first-order valence-electron chi connectivity index (χ1n) is 12.5. The number of aliphatic hydroxyl groups excluding tert-OH is 2. The van der Waals surface area contributed by atoms with Crippen molar-refractivity contribution >= 4 is 17.2 Å². The van der Waals surface area contributed by atoms with Crippen molar-refractivity contribution in [2.45, 2.75) is 77.8 Å². The van der Waals surface area contributed by atoms with Gasteiger partial charge in [0.2, 0.25) is 5.91 Å². The summed E-state index contributed by atoms with van der Waals surface area (Å²) in [6.45, 7) is 10.7. The standard InChI is InChI=1S/C27H36N4O4S/c1-15(2)21-11-23(35-30-21)24(16(3)4)27(34)31-13-20(32)10-22(31)26(33)28-12-18-6-8-19(9-7-18)25-17(5)29-14-36-25/h6-9,11,14-16,20,22,24,27,32,34H,10,12-13H2,1-5H3,(H,28,33)/t20-,22+,24-,27?/m1/s1. The Morgan fingerprint density at radius 3 is 2.56 bits per heavy atom. The van der Waals surface area contributed by atoms with Gasteiger partial charge in [0.05, 0.1) is 39.8 Å². The number of aryl methyl sites for hydroxylation is 1. The first-order chi connectivity index (χ1) is 17.2. The molecule has 36 heavy (non-hydrogen) atoms. The molecular weight excluding hydrogens is 476 g/mol. The van der Waals surface area contributed by atoms with Crippen LogP contribution in [-0.4, -0.2) is 56.1 Å². The minimum absolute atomic E-state index is 0.0371. The van der Waals surface area contributed by atoms with E-state index in [0.29, 0.717) is 12.3 Å². The molecule has 1 aliphatic rings. The zero-order valence-corrected chi connectivity index (χ0v) is 22.3. The molecule has 3 heterocycles. The van der Waals surface area contributed by atoms with Gasteiger partial charge in [0.15, 0.2) is 0 Å². The van der Waals surface area contributed by atoms with Crippen LogP contribution in [0.5, 0.6) is 0 Å². The highest BCUT2D eigenvalue weighted by Crippen LogP contribution is 2.35. The second-order valence-electron chi connectivity index (χ2n) is 10.3. The van der Waals surface area contributed by atoms with Gasteiger partial charge in [0, 0.05) is 19.2 Å². The topological polar surface area (TPSA) is 112 Å². The maximum Gasteiger partial charge on any atom is 0.237 e. The minimum Gasteiger partial charge on any atom is -0.392 e. The monoisotopic (exact) mass is 512 g/mol. The number of carbonyl (C=O) groups is 1. The van der Waals surface area contributed by atoms with E-state index in [4.69, 9.17) is 4.52 Å². The molecule has 0 spiro atoms. The van der Waals surface area contributed by atoms with Gasteiger partial charge in [0.1, 0.15) is 12.0 Å². The molecule has 1 saturated heterocycles. The normalized spacial score (nSPS) is 20.2. The van der Waals surface area contributed by atoms with Gasteiger partial charge < -0.3 is 20.1 Å². The molecule has 3 N–H and O–H groups in total. The summed E-state index contributed by atoms with van der Waals surface area (Å²) >= 11 is 1.61. The molecule has 1 fully saturated rings. The predicted molar refractivity (Wildman–Crippen MR) is 139 cm³/mol. The fourth-order valence-corrected chi connectivity index (χ4v) is 5.62. The van der Waals surface area contributed by atoms with Crippen molar-refractivity contribution in [3.63, 3.8) is 0 Å². The van der Waals surface area contributed by atoms with E-state index < -0.39 is 18.4 Å². The molecule has 194 valence electrons. The molecule has 0 radical (unpaired) electrons. The summed E-state index contributed by atoms with van der Waals surface area (Å²) in [5, 5.41) is 28.9. The summed E-state index contributed by atoms with van der Waals surface area (Å²) in [5.41, 5.74) is 5.75. The number of nitrogens with zero attached hydrogens (tertiary/aromatic N) is 3. The number of amides is 1. The molecule has 1 aliphatic heterocycles. The lowest BCUT2D eigenvalue weighted by Crippen LogP contribution is -2.50. The van der Waals surface area contributed by atoms with Crippen LogP contribution in [0, 0.1) is 12.8 Å². The van der Waals surface area contributed by atoms with Crippen LogP contribution >= 0.6 is 11.3 Å². The molecule has 9 heteroatoms. The average Bonchev–Trinajstić information content (AvgIpc) is 3.58. The summed E-state index contributed by atoms with van der Waals surface area (Å²) in [7, 11) is 0. The number of aliphatic hydroxyl groups is 2. The van der Waals surface area contributed by atoms with E-state index in [1.807, 2.05) is 70.5 Å². The number of aromatic nitrogens is 2. The van der Waals surface area contributed by atoms with E-state index in [9.17, 15) is 15.0 Å². The van der Waals surface area contributed by atoms with Crippen LogP contribution in [0.3, 0.4) is 0 Å². The van der Waals surface area contributed by atoms with Crippen molar-refractivity contribution in [2.24, 2.45) is 5.92 Å². The Morgan fingerprint density at radius 1 is 1.25 bits per heavy atom. The fourth-order valence-electron chi connectivity index (χ4n) is 4.81. The van der Waals surface area contributed by atoms with E-state index in [1.54, 1.807) is 16.2 Å². The highest BCUT2D eigenvalue weighted by atomic mass is 32.1. The van der Waals surface area contributed by atoms with E-state index in [-0.39, 0.29) is 36.6 Å². The van der Waals surface area contributed by atoms with E-state index in [0.717, 1.165) is 27.4 Å². The molecule has 1 aromatic carbocycles. The zero-order valence-electron chi connectivity index (χ0n) is 21.5. The molecule has 4 rings (SSSR count). The van der Waals surface area contributed by atoms with Gasteiger partial charge in [-0.1, -0.05) is 57.1 Å². The second-order valence-corrected chi connectivity index (χ2v) is 11.1. The molecule has 1 amide bonds. The zero-order chi connectivity index (χ0) is 26.0. The third-order valence-electron chi connectivity index (χ3n) is 6.89. The van der Waals surface area contributed by atoms with Crippen molar-refractivity contribution in [1.29, 1.82) is 0 Å². The number of carbonyl (C=O) groups excluding carboxylic acids is 1. The Kier molecular flexibility index (Phi) is 8.24. The van der Waals surface area contributed by atoms with E-state index >= 15 is 0 Å². The number of β-amino-alcohol motifs (C(OH)–C–C–N with tert-alkyl or cyclic N) is 1. The maximum atomic E-state index is 13.2. The predicted octanol–water partition coefficient (Wildman–Crippen LogP) is 4.04. The van der Waals surface area contributed by atoms with Crippen LogP contribution in [0.25, 0.3) is 10.4 Å². The van der Waals surface area contributed by atoms with Gasteiger partial charge in [-0.05, 0) is 36.3 Å². The van der Waals surface area contributed by atoms with Crippen LogP contribution in [0.15, 0.2) is 40.4 Å². The molecule has 4 atom stereocenters. The van der Waals surface area contributed by atoms with Crippen LogP contribution in [0.2, 0.25) is 0 Å². The maximum absolute atomic E-state index is 13.2. The molecule has 8 nitrogen and oxygen atoms in total. The smallest absolute Gasteiger partial charge is 0.237 e. The SMILES string of the molecule is Cc1ncsc1-c1ccc(CNC(=O)[C@@H]2C[C@@H](O)CN2C(O)[C@@H](c2cc(C(C)C)no2)C(C)C)cc1. The summed E-state index contributed by atoms with van der Waals surface area (Å²) in [5.74, 6) is 0.247. The van der Waals surface area contributed by atoms with Gasteiger partial charge in [-0.3, -0.25) is 9.69 Å². The Balaban J connectivity index is 1.43. The Hall–Kier alpha value is -2.59. The van der Waals surface area contributed by atoms with Crippen LogP contribution in [-0.2, 0) is 11.3 Å². The van der Waals surface area contributed by atoms with Gasteiger partial charge in [-0.25, -0.2) is 4.98 Å².